The number of carboxylic acids is 1. The average molecular weight is 271 g/mol. The lowest BCUT2D eigenvalue weighted by atomic mass is 10.0. The lowest BCUT2D eigenvalue weighted by Crippen LogP contribution is -2.57. The van der Waals surface area contributed by atoms with E-state index < -0.39 is 12.0 Å². The average Bonchev–Trinajstić information content (AvgIpc) is 2.31. The van der Waals surface area contributed by atoms with E-state index in [4.69, 9.17) is 5.11 Å². The smallest absolute Gasteiger partial charge is 0.325 e. The van der Waals surface area contributed by atoms with Gasteiger partial charge in [0.05, 0.1) is 6.04 Å². The van der Waals surface area contributed by atoms with Crippen molar-refractivity contribution in [2.45, 2.75) is 32.9 Å². The molecule has 2 N–H and O–H groups in total. The van der Waals surface area contributed by atoms with Crippen molar-refractivity contribution in [3.05, 3.63) is 0 Å². The van der Waals surface area contributed by atoms with E-state index >= 15 is 0 Å². The van der Waals surface area contributed by atoms with Gasteiger partial charge in [-0.1, -0.05) is 13.8 Å². The quantitative estimate of drug-likeness (QED) is 0.727. The number of carboxylic acid groups (broad SMARTS) is 1. The predicted octanol–water partition coefficient (Wildman–Crippen LogP) is -0.152. The molecule has 0 aromatic rings. The number of nitrogens with zero attached hydrogens (tertiary/aromatic N) is 2. The molecule has 6 nitrogen and oxygen atoms in total. The molecule has 1 amide bonds. The Morgan fingerprint density at radius 3 is 2.05 bits per heavy atom. The summed E-state index contributed by atoms with van der Waals surface area (Å²) in [5.41, 5.74) is 0. The highest BCUT2D eigenvalue weighted by atomic mass is 16.4. The van der Waals surface area contributed by atoms with Crippen LogP contribution in [0.15, 0.2) is 0 Å². The van der Waals surface area contributed by atoms with E-state index in [1.807, 2.05) is 13.8 Å². The minimum Gasteiger partial charge on any atom is -0.480 e. The molecule has 2 unspecified atom stereocenters. The second-order valence-corrected chi connectivity index (χ2v) is 5.60. The van der Waals surface area contributed by atoms with Crippen LogP contribution in [0.3, 0.4) is 0 Å². The molecule has 0 aromatic heterocycles. The molecule has 1 fully saturated rings. The maximum atomic E-state index is 12.3. The van der Waals surface area contributed by atoms with Crippen molar-refractivity contribution in [1.82, 2.24) is 15.1 Å². The third-order valence-electron chi connectivity index (χ3n) is 3.56. The van der Waals surface area contributed by atoms with E-state index in [0.717, 1.165) is 26.2 Å². The van der Waals surface area contributed by atoms with E-state index in [9.17, 15) is 9.59 Å². The van der Waals surface area contributed by atoms with Gasteiger partial charge in [0.15, 0.2) is 0 Å². The molecule has 1 saturated heterocycles. The van der Waals surface area contributed by atoms with Crippen LogP contribution in [0.2, 0.25) is 0 Å². The Labute approximate surface area is 114 Å². The standard InChI is InChI=1S/C13H25N3O3/c1-9(2)11(12(17)14-10(3)13(18)19)16-7-5-15(4)6-8-16/h9-11H,5-8H2,1-4H3,(H,14,17)(H,18,19). The van der Waals surface area contributed by atoms with E-state index in [1.54, 1.807) is 0 Å². The van der Waals surface area contributed by atoms with Crippen molar-refractivity contribution in [2.75, 3.05) is 33.2 Å². The number of aliphatic carboxylic acids is 1. The Morgan fingerprint density at radius 1 is 1.11 bits per heavy atom. The zero-order valence-corrected chi connectivity index (χ0v) is 12.2. The number of nitrogens with one attached hydrogen (secondary N) is 1. The SMILES string of the molecule is CC(NC(=O)C(C(C)C)N1CCN(C)CC1)C(=O)O. The molecule has 2 atom stereocenters. The van der Waals surface area contributed by atoms with Crippen molar-refractivity contribution in [1.29, 1.82) is 0 Å². The first-order chi connectivity index (χ1) is 8.82. The maximum Gasteiger partial charge on any atom is 0.325 e. The van der Waals surface area contributed by atoms with Crippen molar-refractivity contribution in [3.8, 4) is 0 Å². The fraction of sp³-hybridized carbons (Fsp3) is 0.846. The van der Waals surface area contributed by atoms with Crippen molar-refractivity contribution in [2.24, 2.45) is 5.92 Å². The topological polar surface area (TPSA) is 72.9 Å². The number of hydrogen-bond donors (Lipinski definition) is 2. The normalized spacial score (nSPS) is 21.1. The molecule has 1 aliphatic rings. The lowest BCUT2D eigenvalue weighted by molar-refractivity contribution is -0.142. The molecular weight excluding hydrogens is 246 g/mol. The number of rotatable bonds is 5. The molecule has 1 heterocycles. The van der Waals surface area contributed by atoms with Crippen LogP contribution in [0, 0.1) is 5.92 Å². The van der Waals surface area contributed by atoms with Crippen LogP contribution < -0.4 is 5.32 Å². The van der Waals surface area contributed by atoms with Gasteiger partial charge in [0.25, 0.3) is 0 Å². The van der Waals surface area contributed by atoms with Gasteiger partial charge < -0.3 is 15.3 Å². The zero-order valence-electron chi connectivity index (χ0n) is 12.2. The van der Waals surface area contributed by atoms with Gasteiger partial charge in [-0.15, -0.1) is 0 Å². The largest absolute Gasteiger partial charge is 0.480 e. The fourth-order valence-electron chi connectivity index (χ4n) is 2.35. The number of amides is 1. The first-order valence-electron chi connectivity index (χ1n) is 6.78. The zero-order chi connectivity index (χ0) is 14.6. The third kappa shape index (κ3) is 4.47. The minimum atomic E-state index is -1.01. The maximum absolute atomic E-state index is 12.3. The molecule has 0 spiro atoms. The summed E-state index contributed by atoms with van der Waals surface area (Å²) in [5.74, 6) is -1.03. The first-order valence-corrected chi connectivity index (χ1v) is 6.78. The van der Waals surface area contributed by atoms with Gasteiger partial charge in [-0.2, -0.15) is 0 Å². The van der Waals surface area contributed by atoms with Crippen LogP contribution in [0.4, 0.5) is 0 Å². The van der Waals surface area contributed by atoms with E-state index in [0.29, 0.717) is 0 Å². The van der Waals surface area contributed by atoms with Crippen LogP contribution >= 0.6 is 0 Å². The highest BCUT2D eigenvalue weighted by Crippen LogP contribution is 2.14. The summed E-state index contributed by atoms with van der Waals surface area (Å²) in [4.78, 5) is 27.4. The molecule has 0 radical (unpaired) electrons. The molecule has 6 heteroatoms. The van der Waals surface area contributed by atoms with Crippen LogP contribution in [0.25, 0.3) is 0 Å². The fourth-order valence-corrected chi connectivity index (χ4v) is 2.35. The Morgan fingerprint density at radius 2 is 1.63 bits per heavy atom. The van der Waals surface area contributed by atoms with Crippen molar-refractivity contribution < 1.29 is 14.7 Å². The molecule has 110 valence electrons. The highest BCUT2D eigenvalue weighted by Gasteiger charge is 2.32. The van der Waals surface area contributed by atoms with Gasteiger partial charge in [0.1, 0.15) is 6.04 Å². The first kappa shape index (κ1) is 15.9. The van der Waals surface area contributed by atoms with E-state index in [2.05, 4.69) is 22.2 Å². The summed E-state index contributed by atoms with van der Waals surface area (Å²) < 4.78 is 0. The number of carbonyl (C=O) groups excluding carboxylic acids is 1. The summed E-state index contributed by atoms with van der Waals surface area (Å²) in [7, 11) is 2.06. The van der Waals surface area contributed by atoms with Gasteiger partial charge in [-0.3, -0.25) is 14.5 Å². The summed E-state index contributed by atoms with van der Waals surface area (Å²) in [6.07, 6.45) is 0. The molecular formula is C13H25N3O3. The number of likely N-dealkylation sites (N-methyl/N-ethyl adjacent to an activating group) is 1. The third-order valence-corrected chi connectivity index (χ3v) is 3.56. The summed E-state index contributed by atoms with van der Waals surface area (Å²) in [6.45, 7) is 9.03. The van der Waals surface area contributed by atoms with Crippen LogP contribution in [-0.4, -0.2) is 72.1 Å². The highest BCUT2D eigenvalue weighted by molar-refractivity contribution is 5.86. The number of piperazine rings is 1. The van der Waals surface area contributed by atoms with Crippen LogP contribution in [-0.2, 0) is 9.59 Å². The van der Waals surface area contributed by atoms with Gasteiger partial charge in [0.2, 0.25) is 5.91 Å². The molecule has 0 bridgehead atoms. The number of carbonyl (C=O) groups is 2. The predicted molar refractivity (Wildman–Crippen MR) is 72.9 cm³/mol. The van der Waals surface area contributed by atoms with E-state index in [-0.39, 0.29) is 17.9 Å². The van der Waals surface area contributed by atoms with E-state index in [1.165, 1.54) is 6.92 Å². The molecule has 19 heavy (non-hydrogen) atoms. The molecule has 0 aromatic carbocycles. The molecule has 0 aliphatic carbocycles. The van der Waals surface area contributed by atoms with Gasteiger partial charge in [0, 0.05) is 26.2 Å². The second kappa shape index (κ2) is 6.86. The number of hydrogen-bond acceptors (Lipinski definition) is 4. The Hall–Kier alpha value is -1.14. The Bertz CT molecular complexity index is 325. The molecule has 1 rings (SSSR count). The Kier molecular flexibility index (Phi) is 5.75. The van der Waals surface area contributed by atoms with Gasteiger partial charge in [-0.25, -0.2) is 0 Å². The van der Waals surface area contributed by atoms with Gasteiger partial charge in [-0.05, 0) is 19.9 Å². The summed E-state index contributed by atoms with van der Waals surface area (Å²) in [6, 6.07) is -1.10. The van der Waals surface area contributed by atoms with Crippen molar-refractivity contribution in [3.63, 3.8) is 0 Å². The van der Waals surface area contributed by atoms with Crippen LogP contribution in [0.5, 0.6) is 0 Å². The Balaban J connectivity index is 2.66. The van der Waals surface area contributed by atoms with Gasteiger partial charge >= 0.3 is 5.97 Å². The lowest BCUT2D eigenvalue weighted by Gasteiger charge is -2.39. The summed E-state index contributed by atoms with van der Waals surface area (Å²) in [5, 5.41) is 11.4. The molecule has 1 aliphatic heterocycles. The minimum absolute atomic E-state index is 0.157. The monoisotopic (exact) mass is 271 g/mol. The molecule has 0 saturated carbocycles. The summed E-state index contributed by atoms with van der Waals surface area (Å²) >= 11 is 0. The second-order valence-electron chi connectivity index (χ2n) is 5.60. The van der Waals surface area contributed by atoms with Crippen molar-refractivity contribution >= 4 is 11.9 Å². The van der Waals surface area contributed by atoms with Crippen LogP contribution in [0.1, 0.15) is 20.8 Å².